The van der Waals surface area contributed by atoms with Crippen LogP contribution in [0.2, 0.25) is 0 Å². The van der Waals surface area contributed by atoms with Gasteiger partial charge >= 0.3 is 0 Å². The van der Waals surface area contributed by atoms with E-state index in [1.807, 2.05) is 18.2 Å². The van der Waals surface area contributed by atoms with Gasteiger partial charge in [-0.2, -0.15) is 0 Å². The average Bonchev–Trinajstić information content (AvgIpc) is 2.67. The normalized spacial score (nSPS) is 14.7. The fourth-order valence-corrected chi connectivity index (χ4v) is 3.49. The van der Waals surface area contributed by atoms with Crippen LogP contribution in [-0.2, 0) is 0 Å². The Hall–Kier alpha value is -2.69. The minimum absolute atomic E-state index is 0.273. The Labute approximate surface area is 146 Å². The summed E-state index contributed by atoms with van der Waals surface area (Å²) in [5.74, 6) is 1.29. The quantitative estimate of drug-likeness (QED) is 0.708. The number of ether oxygens (including phenoxy) is 1. The lowest BCUT2D eigenvalue weighted by Gasteiger charge is -2.28. The first-order valence-corrected chi connectivity index (χ1v) is 8.60. The van der Waals surface area contributed by atoms with Gasteiger partial charge in [-0.15, -0.1) is 0 Å². The van der Waals surface area contributed by atoms with Crippen molar-refractivity contribution >= 4 is 16.7 Å². The lowest BCUT2D eigenvalue weighted by atomic mass is 10.0. The first-order chi connectivity index (χ1) is 12.3. The van der Waals surface area contributed by atoms with E-state index in [1.165, 1.54) is 25.3 Å². The molecule has 3 aromatic rings. The SMILES string of the molecule is COc1cc2c(N3CCCCC3)ncnc2cc1-c1ccccc1F. The molecule has 0 amide bonds. The molecule has 2 aromatic carbocycles. The average molecular weight is 337 g/mol. The van der Waals surface area contributed by atoms with E-state index in [0.717, 1.165) is 29.8 Å². The Balaban J connectivity index is 1.89. The number of methoxy groups -OCH3 is 1. The summed E-state index contributed by atoms with van der Waals surface area (Å²) >= 11 is 0. The first-order valence-electron chi connectivity index (χ1n) is 8.60. The zero-order valence-electron chi connectivity index (χ0n) is 14.2. The van der Waals surface area contributed by atoms with Crippen LogP contribution in [0.4, 0.5) is 10.2 Å². The van der Waals surface area contributed by atoms with Crippen LogP contribution in [-0.4, -0.2) is 30.2 Å². The van der Waals surface area contributed by atoms with Crippen LogP contribution in [0.3, 0.4) is 0 Å². The minimum atomic E-state index is -0.273. The van der Waals surface area contributed by atoms with Crippen molar-refractivity contribution in [3.8, 4) is 16.9 Å². The summed E-state index contributed by atoms with van der Waals surface area (Å²) in [6.45, 7) is 2.01. The highest BCUT2D eigenvalue weighted by Crippen LogP contribution is 2.37. The largest absolute Gasteiger partial charge is 0.496 e. The predicted molar refractivity (Wildman–Crippen MR) is 97.5 cm³/mol. The molecule has 0 saturated carbocycles. The van der Waals surface area contributed by atoms with Gasteiger partial charge in [-0.25, -0.2) is 14.4 Å². The molecule has 4 nitrogen and oxygen atoms in total. The lowest BCUT2D eigenvalue weighted by Crippen LogP contribution is -2.30. The molecule has 128 valence electrons. The summed E-state index contributed by atoms with van der Waals surface area (Å²) in [6, 6.07) is 10.5. The number of aromatic nitrogens is 2. The van der Waals surface area contributed by atoms with Gasteiger partial charge in [0.05, 0.1) is 12.6 Å². The van der Waals surface area contributed by atoms with Crippen LogP contribution >= 0.6 is 0 Å². The van der Waals surface area contributed by atoms with Crippen LogP contribution in [0, 0.1) is 5.82 Å². The second-order valence-corrected chi connectivity index (χ2v) is 6.29. The van der Waals surface area contributed by atoms with Gasteiger partial charge in [0.2, 0.25) is 0 Å². The molecule has 4 rings (SSSR count). The number of halogens is 1. The van der Waals surface area contributed by atoms with Gasteiger partial charge < -0.3 is 9.64 Å². The van der Waals surface area contributed by atoms with Crippen molar-refractivity contribution in [3.63, 3.8) is 0 Å². The third-order valence-corrected chi connectivity index (χ3v) is 4.76. The summed E-state index contributed by atoms with van der Waals surface area (Å²) < 4.78 is 19.8. The van der Waals surface area contributed by atoms with E-state index in [1.54, 1.807) is 25.6 Å². The first kappa shape index (κ1) is 15.8. The van der Waals surface area contributed by atoms with E-state index in [9.17, 15) is 4.39 Å². The van der Waals surface area contributed by atoms with E-state index in [2.05, 4.69) is 14.9 Å². The van der Waals surface area contributed by atoms with Crippen molar-refractivity contribution in [1.82, 2.24) is 9.97 Å². The zero-order chi connectivity index (χ0) is 17.2. The maximum atomic E-state index is 14.3. The smallest absolute Gasteiger partial charge is 0.140 e. The Bertz CT molecular complexity index is 907. The Morgan fingerprint density at radius 3 is 2.56 bits per heavy atom. The van der Waals surface area contributed by atoms with Gasteiger partial charge in [0, 0.05) is 29.6 Å². The molecule has 0 radical (unpaired) electrons. The molecular weight excluding hydrogens is 317 g/mol. The lowest BCUT2D eigenvalue weighted by molar-refractivity contribution is 0.416. The number of anilines is 1. The van der Waals surface area contributed by atoms with Crippen molar-refractivity contribution in [1.29, 1.82) is 0 Å². The summed E-state index contributed by atoms with van der Waals surface area (Å²) in [5, 5.41) is 0.946. The van der Waals surface area contributed by atoms with Crippen LogP contribution in [0.15, 0.2) is 42.7 Å². The second kappa shape index (κ2) is 6.67. The molecule has 0 atom stereocenters. The van der Waals surface area contributed by atoms with E-state index >= 15 is 0 Å². The third kappa shape index (κ3) is 2.90. The van der Waals surface area contributed by atoms with Crippen molar-refractivity contribution in [2.75, 3.05) is 25.1 Å². The Kier molecular flexibility index (Phi) is 4.22. The van der Waals surface area contributed by atoms with Crippen molar-refractivity contribution in [3.05, 3.63) is 48.5 Å². The molecule has 1 aliphatic heterocycles. The van der Waals surface area contributed by atoms with Crippen molar-refractivity contribution < 1.29 is 9.13 Å². The number of hydrogen-bond donors (Lipinski definition) is 0. The van der Waals surface area contributed by atoms with Gasteiger partial charge in [0.25, 0.3) is 0 Å². The maximum absolute atomic E-state index is 14.3. The topological polar surface area (TPSA) is 38.2 Å². The van der Waals surface area contributed by atoms with Crippen LogP contribution in [0.25, 0.3) is 22.0 Å². The Morgan fingerprint density at radius 1 is 1.00 bits per heavy atom. The molecule has 2 heterocycles. The highest BCUT2D eigenvalue weighted by Gasteiger charge is 2.18. The monoisotopic (exact) mass is 337 g/mol. The van der Waals surface area contributed by atoms with E-state index < -0.39 is 0 Å². The van der Waals surface area contributed by atoms with Crippen LogP contribution < -0.4 is 9.64 Å². The zero-order valence-corrected chi connectivity index (χ0v) is 14.2. The number of fused-ring (bicyclic) bond motifs is 1. The highest BCUT2D eigenvalue weighted by molar-refractivity contribution is 5.95. The number of hydrogen-bond acceptors (Lipinski definition) is 4. The molecule has 0 aliphatic carbocycles. The molecule has 0 spiro atoms. The van der Waals surface area contributed by atoms with Crippen LogP contribution in [0.5, 0.6) is 5.75 Å². The Morgan fingerprint density at radius 2 is 1.80 bits per heavy atom. The van der Waals surface area contributed by atoms with Gasteiger partial charge in [-0.3, -0.25) is 0 Å². The maximum Gasteiger partial charge on any atom is 0.140 e. The number of rotatable bonds is 3. The molecule has 0 unspecified atom stereocenters. The third-order valence-electron chi connectivity index (χ3n) is 4.76. The summed E-state index contributed by atoms with van der Waals surface area (Å²) in [5.41, 5.74) is 2.02. The molecule has 1 saturated heterocycles. The van der Waals surface area contributed by atoms with Crippen molar-refractivity contribution in [2.24, 2.45) is 0 Å². The molecule has 1 aromatic heterocycles. The molecule has 1 fully saturated rings. The molecule has 5 heteroatoms. The highest BCUT2D eigenvalue weighted by atomic mass is 19.1. The van der Waals surface area contributed by atoms with Gasteiger partial charge in [0.1, 0.15) is 23.7 Å². The summed E-state index contributed by atoms with van der Waals surface area (Å²) in [7, 11) is 1.61. The molecule has 0 bridgehead atoms. The molecular formula is C20H20FN3O. The van der Waals surface area contributed by atoms with E-state index in [-0.39, 0.29) is 5.82 Å². The van der Waals surface area contributed by atoms with E-state index in [4.69, 9.17) is 4.74 Å². The molecule has 25 heavy (non-hydrogen) atoms. The summed E-state index contributed by atoms with van der Waals surface area (Å²) in [6.07, 6.45) is 5.20. The van der Waals surface area contributed by atoms with Gasteiger partial charge in [0.15, 0.2) is 0 Å². The van der Waals surface area contributed by atoms with Gasteiger partial charge in [-0.05, 0) is 37.5 Å². The standard InChI is InChI=1S/C20H20FN3O/c1-25-19-12-16-18(11-15(19)14-7-3-4-8-17(14)21)22-13-23-20(16)24-9-5-2-6-10-24/h3-4,7-8,11-13H,2,5-6,9-10H2,1H3. The minimum Gasteiger partial charge on any atom is -0.496 e. The fraction of sp³-hybridized carbons (Fsp3) is 0.300. The predicted octanol–water partition coefficient (Wildman–Crippen LogP) is 4.43. The second-order valence-electron chi connectivity index (χ2n) is 6.29. The number of nitrogens with zero attached hydrogens (tertiary/aromatic N) is 3. The molecule has 0 N–H and O–H groups in total. The fourth-order valence-electron chi connectivity index (χ4n) is 3.49. The van der Waals surface area contributed by atoms with Crippen LogP contribution in [0.1, 0.15) is 19.3 Å². The molecule has 1 aliphatic rings. The number of piperidine rings is 1. The number of benzene rings is 2. The van der Waals surface area contributed by atoms with E-state index in [0.29, 0.717) is 16.9 Å². The summed E-state index contributed by atoms with van der Waals surface area (Å²) in [4.78, 5) is 11.2. The van der Waals surface area contributed by atoms with Crippen molar-refractivity contribution in [2.45, 2.75) is 19.3 Å². The van der Waals surface area contributed by atoms with Gasteiger partial charge in [-0.1, -0.05) is 18.2 Å².